The maximum absolute atomic E-state index is 16.8. The Kier molecular flexibility index (Phi) is 27.7. The van der Waals surface area contributed by atoms with Crippen molar-refractivity contribution in [2.75, 3.05) is 20.3 Å². The van der Waals surface area contributed by atoms with Gasteiger partial charge in [0.15, 0.2) is 36.2 Å². The molecule has 126 heavy (non-hydrogen) atoms. The third kappa shape index (κ3) is 19.1. The summed E-state index contributed by atoms with van der Waals surface area (Å²) in [6, 6.07) is 10.7. The highest BCUT2D eigenvalue weighted by molar-refractivity contribution is 6.44. The number of ether oxygens (including phenoxy) is 11. The lowest BCUT2D eigenvalue weighted by atomic mass is 9.89. The summed E-state index contributed by atoms with van der Waals surface area (Å²) in [6.45, 7) is 1.08. The molecule has 26 atom stereocenters. The molecular formula is C84H90Cl2N8O32. The first-order chi connectivity index (χ1) is 60.1. The van der Waals surface area contributed by atoms with Crippen molar-refractivity contribution in [3.8, 4) is 62.9 Å². The molecule has 11 bridgehead atoms. The molecule has 9 aliphatic heterocycles. The highest BCUT2D eigenvalue weighted by atomic mass is 35.5. The molecule has 16 rings (SSSR count). The Morgan fingerprint density at radius 2 is 1.17 bits per heavy atom. The number of hydrogen-bond acceptors (Lipinski definition) is 33. The van der Waals surface area contributed by atoms with Gasteiger partial charge >= 0.3 is 5.97 Å². The number of aliphatic hydroxyl groups excluding tert-OH is 9. The maximum Gasteiger partial charge on any atom is 0.330 e. The van der Waals surface area contributed by atoms with E-state index in [9.17, 15) is 80.8 Å². The van der Waals surface area contributed by atoms with Crippen LogP contribution in [0.25, 0.3) is 11.1 Å². The predicted octanol–water partition coefficient (Wildman–Crippen LogP) is 0.0124. The summed E-state index contributed by atoms with van der Waals surface area (Å²) in [6.07, 6.45) is -31.7. The number of carbonyl (C=O) groups excluding carboxylic acids is 7. The Morgan fingerprint density at radius 3 is 1.84 bits per heavy atom. The fraction of sp³-hybridized carbons (Fsp3) is 0.405. The van der Waals surface area contributed by atoms with Crippen molar-refractivity contribution in [3.63, 3.8) is 0 Å². The molecule has 9 heterocycles. The van der Waals surface area contributed by atoms with Crippen LogP contribution in [0.1, 0.15) is 101 Å². The summed E-state index contributed by atoms with van der Waals surface area (Å²) in [5.41, 5.74) is 9.93. The molecule has 23 N–H and O–H groups in total. The average Bonchev–Trinajstić information content (AvgIpc) is 0.789. The first kappa shape index (κ1) is 91.2. The Labute approximate surface area is 725 Å². The number of phenolic OH excluding ortho intramolecular Hbond substituents is 3. The van der Waals surface area contributed by atoms with Crippen LogP contribution in [0.4, 0.5) is 0 Å². The molecule has 6 amide bonds. The number of aliphatic carboxylic acids is 1. The number of ketones is 1. The molecular weight excluding hydrogens is 1700 g/mol. The quantitative estimate of drug-likeness (QED) is 0.0422. The molecule has 42 heteroatoms. The number of carbonyl (C=O) groups is 8. The molecule has 0 aromatic heterocycles. The second-order valence-electron chi connectivity index (χ2n) is 31.1. The lowest BCUT2D eigenvalue weighted by Crippen LogP contribution is -2.62. The van der Waals surface area contributed by atoms with Crippen LogP contribution < -0.4 is 62.3 Å². The minimum Gasteiger partial charge on any atom is -0.508 e. The van der Waals surface area contributed by atoms with Crippen molar-refractivity contribution < 1.29 is 157 Å². The number of carboxylic acids is 1. The minimum atomic E-state index is -2.44. The minimum absolute atomic E-state index is 0.166. The number of Topliss-reactive ketones (excluding diaryl/α,β-unsaturated/α-hetero) is 1. The van der Waals surface area contributed by atoms with E-state index in [1.165, 1.54) is 68.6 Å². The highest BCUT2D eigenvalue weighted by Crippen LogP contribution is 2.50. The Hall–Kier alpha value is -11.0. The van der Waals surface area contributed by atoms with Gasteiger partial charge in [-0.15, -0.1) is 0 Å². The molecule has 4 fully saturated rings. The number of nitrogens with one attached hydrogen (secondary N) is 6. The molecule has 4 saturated heterocycles. The number of aromatic hydroxyl groups is 3. The number of hydrogen-bond donors (Lipinski definition) is 21. The number of carboxylic acid groups (broad SMARTS) is 1. The second kappa shape index (κ2) is 38.3. The van der Waals surface area contributed by atoms with Crippen molar-refractivity contribution in [2.45, 2.75) is 192 Å². The molecule has 7 aromatic carbocycles. The van der Waals surface area contributed by atoms with E-state index in [-0.39, 0.29) is 34.7 Å². The summed E-state index contributed by atoms with van der Waals surface area (Å²) in [4.78, 5) is 123. The largest absolute Gasteiger partial charge is 0.508 e. The van der Waals surface area contributed by atoms with Gasteiger partial charge in [-0.2, -0.15) is 0 Å². The van der Waals surface area contributed by atoms with Crippen LogP contribution in [0.3, 0.4) is 0 Å². The number of rotatable bonds is 17. The second-order valence-corrected chi connectivity index (χ2v) is 31.9. The number of aliphatic hydroxyl groups is 9. The van der Waals surface area contributed by atoms with Crippen molar-refractivity contribution >= 4 is 70.4 Å². The van der Waals surface area contributed by atoms with Crippen molar-refractivity contribution in [3.05, 3.63) is 182 Å². The van der Waals surface area contributed by atoms with E-state index in [0.717, 1.165) is 60.7 Å². The van der Waals surface area contributed by atoms with Crippen molar-refractivity contribution in [1.29, 1.82) is 0 Å². The lowest BCUT2D eigenvalue weighted by Gasteiger charge is -2.44. The van der Waals surface area contributed by atoms with E-state index in [1.807, 2.05) is 0 Å². The summed E-state index contributed by atoms with van der Waals surface area (Å²) in [7, 11) is 1.38. The summed E-state index contributed by atoms with van der Waals surface area (Å²) < 4.78 is 69.7. The number of halogens is 2. The third-order valence-electron chi connectivity index (χ3n) is 22.6. The smallest absolute Gasteiger partial charge is 0.330 e. The summed E-state index contributed by atoms with van der Waals surface area (Å²) in [5, 5.41) is 162. The van der Waals surface area contributed by atoms with Crippen LogP contribution in [0.2, 0.25) is 10.0 Å². The number of nitrogens with two attached hydrogens (primary N) is 2. The van der Waals surface area contributed by atoms with Gasteiger partial charge in [0.1, 0.15) is 120 Å². The van der Waals surface area contributed by atoms with Gasteiger partial charge in [0, 0.05) is 66.8 Å². The van der Waals surface area contributed by atoms with Crippen LogP contribution in [0, 0.1) is 0 Å². The van der Waals surface area contributed by atoms with E-state index in [4.69, 9.17) is 86.8 Å². The monoisotopic (exact) mass is 1790 g/mol. The number of phenols is 3. The molecule has 7 aromatic rings. The molecule has 0 saturated carbocycles. The first-order valence-electron chi connectivity index (χ1n) is 39.6. The molecule has 40 nitrogen and oxygen atoms in total. The van der Waals surface area contributed by atoms with Crippen LogP contribution in [-0.4, -0.2) is 263 Å². The van der Waals surface area contributed by atoms with Crippen LogP contribution in [-0.2, 0) is 73.1 Å². The van der Waals surface area contributed by atoms with Gasteiger partial charge in [0.2, 0.25) is 53.6 Å². The normalized spacial score (nSPS) is 31.8. The van der Waals surface area contributed by atoms with Gasteiger partial charge in [-0.3, -0.25) is 33.6 Å². The maximum atomic E-state index is 16.8. The van der Waals surface area contributed by atoms with E-state index in [2.05, 4.69) is 31.9 Å². The Bertz CT molecular complexity index is 5240. The van der Waals surface area contributed by atoms with Gasteiger partial charge in [-0.25, -0.2) is 4.79 Å². The van der Waals surface area contributed by atoms with E-state index < -0.39 is 310 Å². The van der Waals surface area contributed by atoms with Gasteiger partial charge < -0.3 is 162 Å². The Morgan fingerprint density at radius 1 is 0.548 bits per heavy atom. The standard InChI is InChI=1S/C84H90Cl2N8O32/c1-31-64(100)45(87)27-56(117-31)125-75-70(106)68(104)55(30-96)123-84(75)126-74-52-23-38-24-53(74)120-50-18-13-37(22-44(50)86)73(124-57-28-46(88)72(116-3)32(2)118-57)63-80(112)92-61(82(114)115)42-25-39(97)26-51(121-83-71(107)69(105)67(103)54(29-95)122-83)58(42)41-20-35(11-16-48(41)98)59(77(109)94-63)91-78(110)60(38)90-76(108)47(19-33-7-5-4-6-8-33)89-79(111)62(65(101)34-9-14-40(119-52)15-10-34)93-81(113)66(102)36-12-17-49(99)43(85)21-36/h4-18,20-26,31-32,45-47,54-57,59-65,67-73,75,83-84,95-101,103-107H,19,27-30,87-88H2,1-3H3,(H,89,111)(H,90,108)(H,91,110)(H,92,112)(H,93,113)(H,94,109)(H,114,115)/t31-,32-,45-,46-,47-,54+,55+,56-,57-,59+,60+,61-,62+,63-,64-,65+,67+,68+,69-,70-,71-,72-,73+,75+,83-,84-/m0/s1. The SMILES string of the molecule is CO[C@H]1[C@H](C)O[C@@H](O[C@@H]2c3ccc(c(Cl)c3)Oc3cc4cc(c3O[C@@H]3O[C@H](CO)[C@@H](O)[C@H](O)[C@H]3O[C@H]3C[C@H](N)[C@@H](O)[C@H](C)O3)Oc3ccc(cc3)[C@@H](O)[C@@H](NC(=O)C(=O)c3ccc(O)c(Cl)c3)C(=O)N[C@@H](Cc3ccccc3)C(=O)N[C@H]4C(=O)N[C@H]3C(=O)N[C@@H]2C(=O)N[C@H](C(=O)O)c2cc(O)cc(O[C@H]4O[C@H](CO)[C@@H](O)[C@H](O)[C@@H]4O)c2-c2cc3ccc2O)C[C@@H]1N. The zero-order chi connectivity index (χ0) is 90.3. The summed E-state index contributed by atoms with van der Waals surface area (Å²) in [5.74, 6) is -17.1. The number of amides is 6. The van der Waals surface area contributed by atoms with E-state index >= 15 is 24.0 Å². The predicted molar refractivity (Wildman–Crippen MR) is 430 cm³/mol. The van der Waals surface area contributed by atoms with Crippen molar-refractivity contribution in [2.24, 2.45) is 11.5 Å². The van der Waals surface area contributed by atoms with E-state index in [0.29, 0.717) is 5.56 Å². The van der Waals surface area contributed by atoms with Crippen LogP contribution in [0.5, 0.6) is 51.7 Å². The van der Waals surface area contributed by atoms with Crippen LogP contribution in [0.15, 0.2) is 133 Å². The van der Waals surface area contributed by atoms with Gasteiger partial charge in [-0.05, 0) is 114 Å². The molecule has 0 radical (unpaired) electrons. The fourth-order valence-corrected chi connectivity index (χ4v) is 16.3. The number of fused-ring (bicyclic) bond motifs is 15. The zero-order valence-electron chi connectivity index (χ0n) is 66.7. The zero-order valence-corrected chi connectivity index (χ0v) is 68.2. The van der Waals surface area contributed by atoms with Crippen molar-refractivity contribution in [1.82, 2.24) is 31.9 Å². The average molecular weight is 1790 g/mol. The third-order valence-corrected chi connectivity index (χ3v) is 23.2. The molecule has 0 spiro atoms. The molecule has 9 aliphatic rings. The molecule has 672 valence electrons. The van der Waals surface area contributed by atoms with Crippen LogP contribution >= 0.6 is 23.2 Å². The van der Waals surface area contributed by atoms with Gasteiger partial charge in [0.05, 0.1) is 47.7 Å². The molecule has 0 aliphatic carbocycles. The van der Waals surface area contributed by atoms with Gasteiger partial charge in [-0.1, -0.05) is 77.8 Å². The highest BCUT2D eigenvalue weighted by Gasteiger charge is 2.52. The summed E-state index contributed by atoms with van der Waals surface area (Å²) >= 11 is 13.6. The first-order valence-corrected chi connectivity index (χ1v) is 40.4. The topological polar surface area (TPSA) is 625 Å². The molecule has 0 unspecified atom stereocenters. The number of benzene rings is 7. The number of methoxy groups -OCH3 is 1. The Balaban J connectivity index is 1.01. The van der Waals surface area contributed by atoms with Gasteiger partial charge in [0.25, 0.3) is 5.91 Å². The fourth-order valence-electron chi connectivity index (χ4n) is 15.9. The van der Waals surface area contributed by atoms with E-state index in [1.54, 1.807) is 25.1 Å². The lowest BCUT2D eigenvalue weighted by molar-refractivity contribution is -0.330.